The van der Waals surface area contributed by atoms with Crippen molar-refractivity contribution in [2.24, 2.45) is 0 Å². The van der Waals surface area contributed by atoms with Gasteiger partial charge in [0.2, 0.25) is 0 Å². The van der Waals surface area contributed by atoms with Crippen molar-refractivity contribution in [3.63, 3.8) is 0 Å². The summed E-state index contributed by atoms with van der Waals surface area (Å²) < 4.78 is 6.10. The van der Waals surface area contributed by atoms with Crippen molar-refractivity contribution in [1.82, 2.24) is 0 Å². The number of benzene rings is 2. The number of halogens is 1. The fraction of sp³-hybridized carbons (Fsp3) is 0.333. The number of aryl methyl sites for hydroxylation is 3. The summed E-state index contributed by atoms with van der Waals surface area (Å²) in [7, 11) is 0. The summed E-state index contributed by atoms with van der Waals surface area (Å²) in [6.07, 6.45) is 0. The van der Waals surface area contributed by atoms with Crippen LogP contribution in [0.15, 0.2) is 42.5 Å². The zero-order valence-electron chi connectivity index (χ0n) is 12.3. The molecular formula is C18H21BrO. The monoisotopic (exact) mass is 332 g/mol. The predicted octanol–water partition coefficient (Wildman–Crippen LogP) is 5.17. The Kier molecular flexibility index (Phi) is 5.24. The molecule has 0 heterocycles. The maximum atomic E-state index is 6.10. The van der Waals surface area contributed by atoms with Crippen LogP contribution in [0.25, 0.3) is 0 Å². The first-order chi connectivity index (χ1) is 9.61. The first kappa shape index (κ1) is 15.1. The van der Waals surface area contributed by atoms with Gasteiger partial charge in [0.25, 0.3) is 0 Å². The molecule has 0 saturated carbocycles. The molecular weight excluding hydrogens is 312 g/mol. The minimum absolute atomic E-state index is 0.372. The van der Waals surface area contributed by atoms with E-state index in [-0.39, 0.29) is 0 Å². The second kappa shape index (κ2) is 6.94. The largest absolute Gasteiger partial charge is 0.492 e. The van der Waals surface area contributed by atoms with Crippen LogP contribution in [0, 0.1) is 20.8 Å². The number of hydrogen-bond donors (Lipinski definition) is 0. The molecule has 2 aromatic rings. The van der Waals surface area contributed by atoms with Crippen LogP contribution in [0.4, 0.5) is 0 Å². The zero-order chi connectivity index (χ0) is 14.5. The fourth-order valence-electron chi connectivity index (χ4n) is 2.53. The van der Waals surface area contributed by atoms with Crippen LogP contribution in [0.5, 0.6) is 5.75 Å². The molecule has 0 spiro atoms. The number of alkyl halides is 1. The van der Waals surface area contributed by atoms with Gasteiger partial charge in [-0.05, 0) is 37.5 Å². The summed E-state index contributed by atoms with van der Waals surface area (Å²) in [5, 5.41) is 0.904. The number of hydrogen-bond acceptors (Lipinski definition) is 1. The Labute approximate surface area is 130 Å². The lowest BCUT2D eigenvalue weighted by Gasteiger charge is -2.18. The van der Waals surface area contributed by atoms with E-state index in [1.807, 2.05) is 6.07 Å². The Morgan fingerprint density at radius 3 is 2.15 bits per heavy atom. The van der Waals surface area contributed by atoms with Crippen molar-refractivity contribution in [2.45, 2.75) is 26.7 Å². The highest BCUT2D eigenvalue weighted by molar-refractivity contribution is 9.09. The number of ether oxygens (including phenoxy) is 1. The van der Waals surface area contributed by atoms with E-state index >= 15 is 0 Å². The molecule has 2 rings (SSSR count). The van der Waals surface area contributed by atoms with Gasteiger partial charge in [0.05, 0.1) is 6.61 Å². The third-order valence-electron chi connectivity index (χ3n) is 3.49. The molecule has 106 valence electrons. The van der Waals surface area contributed by atoms with Gasteiger partial charge in [0.15, 0.2) is 0 Å². The average Bonchev–Trinajstić information content (AvgIpc) is 2.43. The van der Waals surface area contributed by atoms with E-state index in [4.69, 9.17) is 4.74 Å². The van der Waals surface area contributed by atoms with Gasteiger partial charge in [-0.15, -0.1) is 0 Å². The highest BCUT2D eigenvalue weighted by Crippen LogP contribution is 2.27. The van der Waals surface area contributed by atoms with E-state index in [0.29, 0.717) is 12.5 Å². The molecule has 1 atom stereocenters. The Morgan fingerprint density at radius 2 is 1.60 bits per heavy atom. The van der Waals surface area contributed by atoms with Gasteiger partial charge in [-0.3, -0.25) is 0 Å². The first-order valence-corrected chi connectivity index (χ1v) is 8.05. The summed E-state index contributed by atoms with van der Waals surface area (Å²) >= 11 is 3.59. The van der Waals surface area contributed by atoms with Gasteiger partial charge in [-0.1, -0.05) is 64.0 Å². The minimum atomic E-state index is 0.372. The molecule has 0 saturated heterocycles. The maximum Gasteiger partial charge on any atom is 0.125 e. The maximum absolute atomic E-state index is 6.10. The highest BCUT2D eigenvalue weighted by atomic mass is 79.9. The molecule has 0 bridgehead atoms. The second-order valence-electron chi connectivity index (χ2n) is 5.30. The van der Waals surface area contributed by atoms with Crippen molar-refractivity contribution < 1.29 is 4.74 Å². The summed E-state index contributed by atoms with van der Waals surface area (Å²) in [5.74, 6) is 1.40. The fourth-order valence-corrected chi connectivity index (χ4v) is 3.09. The minimum Gasteiger partial charge on any atom is -0.492 e. The van der Waals surface area contributed by atoms with E-state index in [0.717, 1.165) is 11.1 Å². The molecule has 2 heteroatoms. The van der Waals surface area contributed by atoms with Gasteiger partial charge in [0, 0.05) is 11.2 Å². The Balaban J connectivity index is 2.12. The Hall–Kier alpha value is -1.28. The van der Waals surface area contributed by atoms with Gasteiger partial charge in [0.1, 0.15) is 5.75 Å². The molecule has 0 aromatic heterocycles. The molecule has 2 aromatic carbocycles. The lowest BCUT2D eigenvalue weighted by atomic mass is 10.0. The van der Waals surface area contributed by atoms with Gasteiger partial charge < -0.3 is 4.74 Å². The average molecular weight is 333 g/mol. The van der Waals surface area contributed by atoms with Gasteiger partial charge in [-0.25, -0.2) is 0 Å². The summed E-state index contributed by atoms with van der Waals surface area (Å²) in [6.45, 7) is 7.04. The molecule has 0 radical (unpaired) electrons. The SMILES string of the molecule is Cc1cc(C)c(OCC(CBr)c2ccccc2)c(C)c1. The van der Waals surface area contributed by atoms with Crippen molar-refractivity contribution in [2.75, 3.05) is 11.9 Å². The van der Waals surface area contributed by atoms with Crippen molar-refractivity contribution in [3.8, 4) is 5.75 Å². The lowest BCUT2D eigenvalue weighted by Crippen LogP contribution is -2.12. The van der Waals surface area contributed by atoms with Gasteiger partial charge in [-0.2, -0.15) is 0 Å². The Bertz CT molecular complexity index is 540. The van der Waals surface area contributed by atoms with Crippen LogP contribution in [0.1, 0.15) is 28.2 Å². The number of rotatable bonds is 5. The van der Waals surface area contributed by atoms with E-state index in [1.165, 1.54) is 22.3 Å². The normalized spacial score (nSPS) is 12.2. The smallest absolute Gasteiger partial charge is 0.125 e. The summed E-state index contributed by atoms with van der Waals surface area (Å²) in [5.41, 5.74) is 5.02. The van der Waals surface area contributed by atoms with Crippen molar-refractivity contribution in [3.05, 3.63) is 64.7 Å². The topological polar surface area (TPSA) is 9.23 Å². The highest BCUT2D eigenvalue weighted by Gasteiger charge is 2.12. The van der Waals surface area contributed by atoms with Crippen molar-refractivity contribution in [1.29, 1.82) is 0 Å². The van der Waals surface area contributed by atoms with E-state index in [2.05, 4.69) is 73.1 Å². The summed E-state index contributed by atoms with van der Waals surface area (Å²) in [4.78, 5) is 0. The van der Waals surface area contributed by atoms with Crippen LogP contribution >= 0.6 is 15.9 Å². The molecule has 1 nitrogen and oxygen atoms in total. The van der Waals surface area contributed by atoms with Crippen molar-refractivity contribution >= 4 is 15.9 Å². The third-order valence-corrected chi connectivity index (χ3v) is 4.27. The molecule has 20 heavy (non-hydrogen) atoms. The summed E-state index contributed by atoms with van der Waals surface area (Å²) in [6, 6.07) is 14.9. The lowest BCUT2D eigenvalue weighted by molar-refractivity contribution is 0.294. The molecule has 0 amide bonds. The van der Waals surface area contributed by atoms with E-state index in [9.17, 15) is 0 Å². The Morgan fingerprint density at radius 1 is 1.00 bits per heavy atom. The molecule has 0 aliphatic carbocycles. The molecule has 0 fully saturated rings. The molecule has 1 unspecified atom stereocenters. The van der Waals surface area contributed by atoms with Crippen LogP contribution in [-0.2, 0) is 0 Å². The quantitative estimate of drug-likeness (QED) is 0.686. The second-order valence-corrected chi connectivity index (χ2v) is 5.95. The standard InChI is InChI=1S/C18H21BrO/c1-13-9-14(2)18(15(3)10-13)20-12-17(11-19)16-7-5-4-6-8-16/h4-10,17H,11-12H2,1-3H3. The van der Waals surface area contributed by atoms with E-state index in [1.54, 1.807) is 0 Å². The van der Waals surface area contributed by atoms with Crippen LogP contribution in [0.2, 0.25) is 0 Å². The first-order valence-electron chi connectivity index (χ1n) is 6.93. The van der Waals surface area contributed by atoms with Gasteiger partial charge >= 0.3 is 0 Å². The van der Waals surface area contributed by atoms with Crippen LogP contribution < -0.4 is 4.74 Å². The van der Waals surface area contributed by atoms with Crippen LogP contribution in [0.3, 0.4) is 0 Å². The zero-order valence-corrected chi connectivity index (χ0v) is 13.9. The molecule has 0 N–H and O–H groups in total. The van der Waals surface area contributed by atoms with E-state index < -0.39 is 0 Å². The van der Waals surface area contributed by atoms with Crippen LogP contribution in [-0.4, -0.2) is 11.9 Å². The predicted molar refractivity (Wildman–Crippen MR) is 89.1 cm³/mol. The molecule has 0 aliphatic heterocycles. The molecule has 0 aliphatic rings. The third kappa shape index (κ3) is 3.63.